The van der Waals surface area contributed by atoms with Gasteiger partial charge in [0.2, 0.25) is 0 Å². The molecule has 2 aliphatic rings. The summed E-state index contributed by atoms with van der Waals surface area (Å²) in [5.74, 6) is -0.422. The van der Waals surface area contributed by atoms with E-state index in [4.69, 9.17) is 0 Å². The van der Waals surface area contributed by atoms with Crippen LogP contribution in [-0.2, 0) is 9.59 Å². The highest BCUT2D eigenvalue weighted by Gasteiger charge is 2.40. The van der Waals surface area contributed by atoms with Crippen molar-refractivity contribution in [3.8, 4) is 0 Å². The molecule has 0 spiro atoms. The number of nitrogens with zero attached hydrogens (tertiary/aromatic N) is 3. The molecule has 0 unspecified atom stereocenters. The number of imide groups is 1. The predicted octanol–water partition coefficient (Wildman–Crippen LogP) is 2.84. The number of rotatable bonds is 3. The first-order valence-electron chi connectivity index (χ1n) is 9.66. The third kappa shape index (κ3) is 3.17. The second-order valence-electron chi connectivity index (χ2n) is 7.57. The predicted molar refractivity (Wildman–Crippen MR) is 111 cm³/mol. The number of hydrogen-bond acceptors (Lipinski definition) is 4. The molecule has 2 aromatic rings. The van der Waals surface area contributed by atoms with E-state index >= 15 is 0 Å². The van der Waals surface area contributed by atoms with Crippen molar-refractivity contribution in [3.63, 3.8) is 0 Å². The quantitative estimate of drug-likeness (QED) is 0.774. The van der Waals surface area contributed by atoms with Crippen molar-refractivity contribution in [2.45, 2.75) is 13.8 Å². The second-order valence-corrected chi connectivity index (χ2v) is 7.57. The van der Waals surface area contributed by atoms with Gasteiger partial charge in [-0.05, 0) is 37.1 Å². The van der Waals surface area contributed by atoms with Gasteiger partial charge in [-0.25, -0.2) is 0 Å². The van der Waals surface area contributed by atoms with E-state index in [1.54, 1.807) is 7.05 Å². The largest absolute Gasteiger partial charge is 0.368 e. The van der Waals surface area contributed by atoms with Gasteiger partial charge in [-0.1, -0.05) is 42.0 Å². The molecule has 0 bridgehead atoms. The summed E-state index contributed by atoms with van der Waals surface area (Å²) in [6, 6.07) is 16.3. The number of benzene rings is 2. The zero-order valence-corrected chi connectivity index (χ0v) is 16.6. The first-order chi connectivity index (χ1) is 13.5. The third-order valence-electron chi connectivity index (χ3n) is 5.57. The number of amides is 2. The summed E-state index contributed by atoms with van der Waals surface area (Å²) < 4.78 is 0. The van der Waals surface area contributed by atoms with Gasteiger partial charge in [0.1, 0.15) is 5.70 Å². The molecule has 2 aromatic carbocycles. The van der Waals surface area contributed by atoms with Crippen molar-refractivity contribution in [1.29, 1.82) is 0 Å². The fourth-order valence-corrected chi connectivity index (χ4v) is 3.91. The average molecular weight is 375 g/mol. The van der Waals surface area contributed by atoms with E-state index < -0.39 is 0 Å². The minimum Gasteiger partial charge on any atom is -0.368 e. The molecular formula is C23H25N3O2. The fraction of sp³-hybridized carbons (Fsp3) is 0.304. The van der Waals surface area contributed by atoms with Gasteiger partial charge in [0, 0.05) is 38.9 Å². The van der Waals surface area contributed by atoms with Crippen LogP contribution in [0.5, 0.6) is 0 Å². The molecule has 0 aromatic heterocycles. The maximum Gasteiger partial charge on any atom is 0.277 e. The molecule has 0 radical (unpaired) electrons. The van der Waals surface area contributed by atoms with Gasteiger partial charge >= 0.3 is 0 Å². The lowest BCUT2D eigenvalue weighted by atomic mass is 10.0. The lowest BCUT2D eigenvalue weighted by Gasteiger charge is -2.37. The second kappa shape index (κ2) is 7.15. The minimum atomic E-state index is -0.218. The summed E-state index contributed by atoms with van der Waals surface area (Å²) in [5, 5.41) is 0. The number of aryl methyl sites for hydroxylation is 2. The molecule has 0 N–H and O–H groups in total. The Morgan fingerprint density at radius 2 is 1.39 bits per heavy atom. The van der Waals surface area contributed by atoms with Crippen LogP contribution in [0.4, 0.5) is 5.69 Å². The Morgan fingerprint density at radius 3 is 2.04 bits per heavy atom. The van der Waals surface area contributed by atoms with Crippen LogP contribution in [0, 0.1) is 13.8 Å². The van der Waals surface area contributed by atoms with E-state index in [0.29, 0.717) is 24.4 Å². The van der Waals surface area contributed by atoms with Gasteiger partial charge < -0.3 is 9.80 Å². The minimum absolute atomic E-state index is 0.204. The molecule has 1 fully saturated rings. The molecule has 1 saturated heterocycles. The number of hydrogen-bond donors (Lipinski definition) is 0. The Morgan fingerprint density at radius 1 is 0.750 bits per heavy atom. The van der Waals surface area contributed by atoms with Crippen LogP contribution in [-0.4, -0.2) is 54.8 Å². The molecule has 0 aliphatic carbocycles. The van der Waals surface area contributed by atoms with Crippen molar-refractivity contribution < 1.29 is 9.59 Å². The molecule has 0 saturated carbocycles. The van der Waals surface area contributed by atoms with E-state index in [9.17, 15) is 9.59 Å². The number of piperazine rings is 1. The topological polar surface area (TPSA) is 43.9 Å². The smallest absolute Gasteiger partial charge is 0.277 e. The highest BCUT2D eigenvalue weighted by atomic mass is 16.2. The summed E-state index contributed by atoms with van der Waals surface area (Å²) in [7, 11) is 1.56. The summed E-state index contributed by atoms with van der Waals surface area (Å²) >= 11 is 0. The normalized spacial score (nSPS) is 17.8. The average Bonchev–Trinajstić information content (AvgIpc) is 2.93. The van der Waals surface area contributed by atoms with Gasteiger partial charge in [-0.3, -0.25) is 14.5 Å². The van der Waals surface area contributed by atoms with Crippen LogP contribution in [0.15, 0.2) is 54.2 Å². The van der Waals surface area contributed by atoms with E-state index in [1.807, 2.05) is 31.2 Å². The molecule has 2 amide bonds. The molecule has 5 nitrogen and oxygen atoms in total. The van der Waals surface area contributed by atoms with Gasteiger partial charge in [-0.2, -0.15) is 0 Å². The van der Waals surface area contributed by atoms with E-state index in [0.717, 1.165) is 24.2 Å². The zero-order chi connectivity index (χ0) is 19.8. The zero-order valence-electron chi connectivity index (χ0n) is 16.6. The molecule has 28 heavy (non-hydrogen) atoms. The Bertz CT molecular complexity index is 954. The van der Waals surface area contributed by atoms with Crippen molar-refractivity contribution >= 4 is 23.1 Å². The number of carbonyl (C=O) groups is 2. The Labute approximate surface area is 165 Å². The van der Waals surface area contributed by atoms with Crippen LogP contribution in [0.25, 0.3) is 5.57 Å². The number of anilines is 1. The number of likely N-dealkylation sites (N-methyl/N-ethyl adjacent to an activating group) is 1. The molecule has 2 aliphatic heterocycles. The first-order valence-corrected chi connectivity index (χ1v) is 9.66. The molecule has 0 atom stereocenters. The first kappa shape index (κ1) is 18.3. The number of carbonyl (C=O) groups excluding carboxylic acids is 2. The highest BCUT2D eigenvalue weighted by Crippen LogP contribution is 2.32. The lowest BCUT2D eigenvalue weighted by molar-refractivity contribution is -0.135. The highest BCUT2D eigenvalue weighted by molar-refractivity contribution is 6.35. The van der Waals surface area contributed by atoms with E-state index in [-0.39, 0.29) is 11.8 Å². The maximum atomic E-state index is 12.9. The van der Waals surface area contributed by atoms with Crippen LogP contribution in [0.1, 0.15) is 16.7 Å². The molecule has 2 heterocycles. The van der Waals surface area contributed by atoms with Crippen LogP contribution in [0.3, 0.4) is 0 Å². The van der Waals surface area contributed by atoms with E-state index in [2.05, 4.69) is 41.0 Å². The Kier molecular flexibility index (Phi) is 4.67. The van der Waals surface area contributed by atoms with Crippen molar-refractivity contribution in [3.05, 3.63) is 70.9 Å². The van der Waals surface area contributed by atoms with Crippen LogP contribution >= 0.6 is 0 Å². The lowest BCUT2D eigenvalue weighted by Crippen LogP contribution is -2.47. The Hall–Kier alpha value is -3.08. The van der Waals surface area contributed by atoms with Gasteiger partial charge in [0.25, 0.3) is 11.8 Å². The SMILES string of the molecule is Cc1ccc(C2=C(N3CCN(c4cccc(C)c4)CC3)C(=O)N(C)C2=O)cc1. The maximum absolute atomic E-state index is 12.9. The van der Waals surface area contributed by atoms with Crippen LogP contribution < -0.4 is 4.90 Å². The standard InChI is InChI=1S/C23H25N3O2/c1-16-7-9-18(10-8-16)20-21(23(28)24(3)22(20)27)26-13-11-25(12-14-26)19-6-4-5-17(2)15-19/h4-10,15H,11-14H2,1-3H3. The summed E-state index contributed by atoms with van der Waals surface area (Å²) in [4.78, 5) is 31.3. The van der Waals surface area contributed by atoms with Crippen molar-refractivity contribution in [2.24, 2.45) is 0 Å². The molecular weight excluding hydrogens is 350 g/mol. The van der Waals surface area contributed by atoms with Crippen molar-refractivity contribution in [1.82, 2.24) is 9.80 Å². The van der Waals surface area contributed by atoms with E-state index in [1.165, 1.54) is 16.2 Å². The molecule has 144 valence electrons. The van der Waals surface area contributed by atoms with Gasteiger partial charge in [0.05, 0.1) is 5.57 Å². The molecule has 4 rings (SSSR count). The fourth-order valence-electron chi connectivity index (χ4n) is 3.91. The summed E-state index contributed by atoms with van der Waals surface area (Å²) in [6.07, 6.45) is 0. The van der Waals surface area contributed by atoms with Crippen molar-refractivity contribution in [2.75, 3.05) is 38.1 Å². The molecule has 5 heteroatoms. The monoisotopic (exact) mass is 375 g/mol. The summed E-state index contributed by atoms with van der Waals surface area (Å²) in [6.45, 7) is 7.17. The third-order valence-corrected chi connectivity index (χ3v) is 5.57. The Balaban J connectivity index is 1.62. The van der Waals surface area contributed by atoms with Gasteiger partial charge in [0.15, 0.2) is 0 Å². The van der Waals surface area contributed by atoms with Gasteiger partial charge in [-0.15, -0.1) is 0 Å². The summed E-state index contributed by atoms with van der Waals surface area (Å²) in [5.41, 5.74) is 5.45. The van der Waals surface area contributed by atoms with Crippen LogP contribution in [0.2, 0.25) is 0 Å².